The maximum Gasteiger partial charge on any atom is 0.128 e. The second-order valence-corrected chi connectivity index (χ2v) is 2.98. The van der Waals surface area contributed by atoms with E-state index in [1.807, 2.05) is 24.3 Å². The molecule has 0 aliphatic heterocycles. The Morgan fingerprint density at radius 2 is 2.14 bits per heavy atom. The number of methoxy groups -OCH3 is 1. The van der Waals surface area contributed by atoms with Crippen LogP contribution in [0.15, 0.2) is 37.2 Å². The summed E-state index contributed by atoms with van der Waals surface area (Å²) in [5, 5.41) is 2.14. The second-order valence-electron chi connectivity index (χ2n) is 2.98. The van der Waals surface area contributed by atoms with Gasteiger partial charge in [-0.15, -0.1) is 0 Å². The molecule has 0 fully saturated rings. The second kappa shape index (κ2) is 3.50. The molecule has 0 saturated carbocycles. The Morgan fingerprint density at radius 3 is 2.86 bits per heavy atom. The molecule has 0 aliphatic carbocycles. The number of fused-ring (bicyclic) bond motifs is 1. The third kappa shape index (κ3) is 1.25. The number of rotatable bonds is 2. The highest BCUT2D eigenvalue weighted by molar-refractivity contribution is 5.94. The summed E-state index contributed by atoms with van der Waals surface area (Å²) < 4.78 is 5.25. The van der Waals surface area contributed by atoms with Gasteiger partial charge in [0.1, 0.15) is 5.75 Å². The van der Waals surface area contributed by atoms with Crippen LogP contribution in [0.2, 0.25) is 0 Å². The Bertz CT molecular complexity index is 477. The lowest BCUT2D eigenvalue weighted by Crippen LogP contribution is -1.87. The van der Waals surface area contributed by atoms with E-state index in [2.05, 4.69) is 11.6 Å². The Labute approximate surface area is 82.9 Å². The van der Waals surface area contributed by atoms with Crippen molar-refractivity contribution in [3.05, 3.63) is 42.7 Å². The molecule has 2 rings (SSSR count). The smallest absolute Gasteiger partial charge is 0.128 e. The standard InChI is InChI=1S/C12H11NO/c1-3-9-4-5-12(14-2)11-8-13-7-6-10(9)11/h3-8H,1H2,2H3. The third-order valence-electron chi connectivity index (χ3n) is 2.25. The van der Waals surface area contributed by atoms with Crippen LogP contribution in [0.25, 0.3) is 16.8 Å². The molecule has 14 heavy (non-hydrogen) atoms. The first-order valence-electron chi connectivity index (χ1n) is 4.40. The molecule has 0 bridgehead atoms. The van der Waals surface area contributed by atoms with Gasteiger partial charge in [-0.05, 0) is 23.1 Å². The van der Waals surface area contributed by atoms with E-state index in [1.54, 1.807) is 19.5 Å². The van der Waals surface area contributed by atoms with Gasteiger partial charge in [-0.25, -0.2) is 0 Å². The van der Waals surface area contributed by atoms with Gasteiger partial charge in [-0.3, -0.25) is 4.98 Å². The molecule has 0 radical (unpaired) electrons. The maximum absolute atomic E-state index is 5.25. The largest absolute Gasteiger partial charge is 0.496 e. The van der Waals surface area contributed by atoms with Crippen molar-refractivity contribution >= 4 is 16.8 Å². The van der Waals surface area contributed by atoms with Crippen molar-refractivity contribution in [2.24, 2.45) is 0 Å². The lowest BCUT2D eigenvalue weighted by Gasteiger charge is -2.06. The van der Waals surface area contributed by atoms with Crippen molar-refractivity contribution in [3.63, 3.8) is 0 Å². The lowest BCUT2D eigenvalue weighted by molar-refractivity contribution is 0.419. The molecule has 0 unspecified atom stereocenters. The molecule has 0 saturated heterocycles. The Balaban J connectivity index is 2.84. The van der Waals surface area contributed by atoms with Crippen molar-refractivity contribution in [1.29, 1.82) is 0 Å². The van der Waals surface area contributed by atoms with Gasteiger partial charge in [0.2, 0.25) is 0 Å². The molecule has 2 heteroatoms. The van der Waals surface area contributed by atoms with Crippen LogP contribution in [0.4, 0.5) is 0 Å². The monoisotopic (exact) mass is 185 g/mol. The van der Waals surface area contributed by atoms with E-state index in [1.165, 1.54) is 0 Å². The number of aromatic nitrogens is 1. The molecule has 0 atom stereocenters. The summed E-state index contributed by atoms with van der Waals surface area (Å²) >= 11 is 0. The Hall–Kier alpha value is -1.83. The summed E-state index contributed by atoms with van der Waals surface area (Å²) in [7, 11) is 1.66. The number of benzene rings is 1. The molecule has 0 amide bonds. The van der Waals surface area contributed by atoms with Crippen LogP contribution in [-0.2, 0) is 0 Å². The van der Waals surface area contributed by atoms with Gasteiger partial charge in [0.05, 0.1) is 7.11 Å². The summed E-state index contributed by atoms with van der Waals surface area (Å²) in [4.78, 5) is 4.08. The number of hydrogen-bond donors (Lipinski definition) is 0. The summed E-state index contributed by atoms with van der Waals surface area (Å²) in [6.07, 6.45) is 5.41. The molecule has 1 aromatic heterocycles. The summed E-state index contributed by atoms with van der Waals surface area (Å²) in [6.45, 7) is 3.78. The van der Waals surface area contributed by atoms with E-state index in [9.17, 15) is 0 Å². The van der Waals surface area contributed by atoms with Gasteiger partial charge in [0, 0.05) is 17.8 Å². The highest BCUT2D eigenvalue weighted by Gasteiger charge is 2.03. The number of pyridine rings is 1. The van der Waals surface area contributed by atoms with Crippen LogP contribution in [0, 0.1) is 0 Å². The third-order valence-corrected chi connectivity index (χ3v) is 2.25. The predicted octanol–water partition coefficient (Wildman–Crippen LogP) is 2.89. The van der Waals surface area contributed by atoms with E-state index in [0.717, 1.165) is 22.1 Å². The zero-order valence-corrected chi connectivity index (χ0v) is 8.03. The predicted molar refractivity (Wildman–Crippen MR) is 58.4 cm³/mol. The topological polar surface area (TPSA) is 22.1 Å². The van der Waals surface area contributed by atoms with Crippen LogP contribution in [0.3, 0.4) is 0 Å². The Kier molecular flexibility index (Phi) is 2.19. The SMILES string of the molecule is C=Cc1ccc(OC)c2cnccc12. The van der Waals surface area contributed by atoms with E-state index in [-0.39, 0.29) is 0 Å². The van der Waals surface area contributed by atoms with Gasteiger partial charge in [0.15, 0.2) is 0 Å². The van der Waals surface area contributed by atoms with Crippen LogP contribution >= 0.6 is 0 Å². The number of nitrogens with zero attached hydrogens (tertiary/aromatic N) is 1. The minimum Gasteiger partial charge on any atom is -0.496 e. The lowest BCUT2D eigenvalue weighted by atomic mass is 10.1. The minimum atomic E-state index is 0.846. The van der Waals surface area contributed by atoms with Crippen molar-refractivity contribution < 1.29 is 4.74 Å². The first kappa shape index (κ1) is 8.75. The van der Waals surface area contributed by atoms with Gasteiger partial charge in [0.25, 0.3) is 0 Å². The first-order valence-corrected chi connectivity index (χ1v) is 4.40. The van der Waals surface area contributed by atoms with Gasteiger partial charge in [-0.2, -0.15) is 0 Å². The van der Waals surface area contributed by atoms with Crippen LogP contribution < -0.4 is 4.74 Å². The van der Waals surface area contributed by atoms with Crippen molar-refractivity contribution in [2.45, 2.75) is 0 Å². The zero-order valence-electron chi connectivity index (χ0n) is 8.03. The molecule has 2 aromatic rings. The fraction of sp³-hybridized carbons (Fsp3) is 0.0833. The fourth-order valence-corrected chi connectivity index (χ4v) is 1.54. The highest BCUT2D eigenvalue weighted by atomic mass is 16.5. The summed E-state index contributed by atoms with van der Waals surface area (Å²) in [5.74, 6) is 0.846. The van der Waals surface area contributed by atoms with Gasteiger partial charge < -0.3 is 4.74 Å². The summed E-state index contributed by atoms with van der Waals surface area (Å²) in [6, 6.07) is 5.89. The maximum atomic E-state index is 5.25. The molecular formula is C12H11NO. The van der Waals surface area contributed by atoms with E-state index < -0.39 is 0 Å². The minimum absolute atomic E-state index is 0.846. The quantitative estimate of drug-likeness (QED) is 0.717. The molecule has 0 spiro atoms. The first-order chi connectivity index (χ1) is 6.86. The van der Waals surface area contributed by atoms with E-state index in [4.69, 9.17) is 4.74 Å². The summed E-state index contributed by atoms with van der Waals surface area (Å²) in [5.41, 5.74) is 1.10. The molecular weight excluding hydrogens is 174 g/mol. The number of ether oxygens (including phenoxy) is 1. The van der Waals surface area contributed by atoms with Crippen LogP contribution in [0.5, 0.6) is 5.75 Å². The molecule has 2 nitrogen and oxygen atoms in total. The van der Waals surface area contributed by atoms with Crippen molar-refractivity contribution in [2.75, 3.05) is 7.11 Å². The Morgan fingerprint density at radius 1 is 1.29 bits per heavy atom. The van der Waals surface area contributed by atoms with Gasteiger partial charge >= 0.3 is 0 Å². The van der Waals surface area contributed by atoms with Gasteiger partial charge in [-0.1, -0.05) is 18.7 Å². The molecule has 70 valence electrons. The van der Waals surface area contributed by atoms with Crippen LogP contribution in [0.1, 0.15) is 5.56 Å². The van der Waals surface area contributed by atoms with E-state index in [0.29, 0.717) is 0 Å². The van der Waals surface area contributed by atoms with Crippen molar-refractivity contribution in [1.82, 2.24) is 4.98 Å². The molecule has 1 heterocycles. The average molecular weight is 185 g/mol. The number of hydrogen-bond acceptors (Lipinski definition) is 2. The normalized spacial score (nSPS) is 10.1. The highest BCUT2D eigenvalue weighted by Crippen LogP contribution is 2.27. The zero-order chi connectivity index (χ0) is 9.97. The molecule has 1 aromatic carbocycles. The average Bonchev–Trinajstić information content (AvgIpc) is 2.27. The molecule has 0 aliphatic rings. The van der Waals surface area contributed by atoms with Crippen LogP contribution in [-0.4, -0.2) is 12.1 Å². The van der Waals surface area contributed by atoms with E-state index >= 15 is 0 Å². The van der Waals surface area contributed by atoms with Crippen molar-refractivity contribution in [3.8, 4) is 5.75 Å². The molecule has 0 N–H and O–H groups in total. The fourth-order valence-electron chi connectivity index (χ4n) is 1.54.